The standard InChI is InChI=1S/C21H20Cl2FN5O7/c1-8-2-3-9(4-10(8)22)5-21(18(31)32,19(33)34)35-6-11-14(30)12(24)17(36-11)29-7-26-13-15(25)27-20(23)28-16(13)29/h2-4,7,11-12,14,17,30H,5-6H2,1H3,(H,31,32)(H,33,34)(H2,25,27,28)/t11-,12+,14-,17-/m1/s1. The van der Waals surface area contributed by atoms with Gasteiger partial charge in [0.05, 0.1) is 12.9 Å². The zero-order chi connectivity index (χ0) is 26.4. The predicted octanol–water partition coefficient (Wildman–Crippen LogP) is 1.79. The van der Waals surface area contributed by atoms with E-state index in [4.69, 9.17) is 38.4 Å². The Morgan fingerprint density at radius 3 is 2.61 bits per heavy atom. The SMILES string of the molecule is Cc1ccc(CC(OC[C@H]2O[C@@H](n3cnc4c(N)nc(Cl)nc43)[C@@H](F)[C@@H]2O)(C(=O)O)C(=O)O)cc1Cl. The molecule has 4 rings (SSSR count). The number of imidazole rings is 1. The molecule has 12 nitrogen and oxygen atoms in total. The van der Waals surface area contributed by atoms with Crippen LogP contribution in [0.1, 0.15) is 17.4 Å². The van der Waals surface area contributed by atoms with Gasteiger partial charge in [-0.05, 0) is 35.7 Å². The number of aromatic nitrogens is 4. The van der Waals surface area contributed by atoms with Crippen LogP contribution in [-0.4, -0.2) is 77.4 Å². The van der Waals surface area contributed by atoms with Gasteiger partial charge in [-0.3, -0.25) is 4.57 Å². The fourth-order valence-electron chi connectivity index (χ4n) is 3.84. The summed E-state index contributed by atoms with van der Waals surface area (Å²) in [6.07, 6.45) is -6.16. The number of aryl methyl sites for hydroxylation is 1. The van der Waals surface area contributed by atoms with Crippen LogP contribution in [0.25, 0.3) is 11.2 Å². The minimum absolute atomic E-state index is 0.0376. The Bertz CT molecular complexity index is 1330. The van der Waals surface area contributed by atoms with Crippen LogP contribution in [-0.2, 0) is 25.5 Å². The molecule has 2 aromatic heterocycles. The Kier molecular flexibility index (Phi) is 7.03. The van der Waals surface area contributed by atoms with Crippen molar-refractivity contribution in [3.05, 3.63) is 46.0 Å². The van der Waals surface area contributed by atoms with Crippen LogP contribution in [0.5, 0.6) is 0 Å². The van der Waals surface area contributed by atoms with Crippen molar-refractivity contribution in [2.75, 3.05) is 12.3 Å². The zero-order valence-corrected chi connectivity index (χ0v) is 20.0. The van der Waals surface area contributed by atoms with Crippen LogP contribution >= 0.6 is 23.2 Å². The zero-order valence-electron chi connectivity index (χ0n) is 18.5. The highest BCUT2D eigenvalue weighted by molar-refractivity contribution is 6.31. The molecule has 0 amide bonds. The van der Waals surface area contributed by atoms with Crippen molar-refractivity contribution in [1.82, 2.24) is 19.5 Å². The van der Waals surface area contributed by atoms with Crippen molar-refractivity contribution >= 4 is 52.1 Å². The van der Waals surface area contributed by atoms with Crippen molar-refractivity contribution in [1.29, 1.82) is 0 Å². The highest BCUT2D eigenvalue weighted by Gasteiger charge is 2.52. The molecule has 0 spiro atoms. The van der Waals surface area contributed by atoms with Gasteiger partial charge in [-0.15, -0.1) is 0 Å². The lowest BCUT2D eigenvalue weighted by Gasteiger charge is -2.27. The number of fused-ring (bicyclic) bond motifs is 1. The number of ether oxygens (including phenoxy) is 2. The fourth-order valence-corrected chi connectivity index (χ4v) is 4.21. The molecule has 192 valence electrons. The summed E-state index contributed by atoms with van der Waals surface area (Å²) >= 11 is 11.9. The fraction of sp³-hybridized carbons (Fsp3) is 0.381. The number of aliphatic hydroxyl groups is 1. The summed E-state index contributed by atoms with van der Waals surface area (Å²) in [6, 6.07) is 4.55. The number of carboxylic acid groups (broad SMARTS) is 2. The first kappa shape index (κ1) is 26.0. The third kappa shape index (κ3) is 4.55. The highest BCUT2D eigenvalue weighted by atomic mass is 35.5. The topological polar surface area (TPSA) is 183 Å². The van der Waals surface area contributed by atoms with Gasteiger partial charge in [0.15, 0.2) is 23.9 Å². The van der Waals surface area contributed by atoms with Gasteiger partial charge in [-0.2, -0.15) is 9.97 Å². The number of carbonyl (C=O) groups is 2. The molecule has 5 N–H and O–H groups in total. The minimum atomic E-state index is -2.76. The number of hydrogen-bond acceptors (Lipinski definition) is 9. The molecule has 0 aliphatic carbocycles. The van der Waals surface area contributed by atoms with Crippen LogP contribution in [0, 0.1) is 6.92 Å². The quantitative estimate of drug-likeness (QED) is 0.240. The second-order valence-corrected chi connectivity index (χ2v) is 8.96. The monoisotopic (exact) mass is 543 g/mol. The number of nitrogen functional groups attached to an aromatic ring is 1. The van der Waals surface area contributed by atoms with E-state index in [9.17, 15) is 24.9 Å². The van der Waals surface area contributed by atoms with Gasteiger partial charge in [0.25, 0.3) is 5.60 Å². The molecule has 1 fully saturated rings. The van der Waals surface area contributed by atoms with E-state index in [0.717, 1.165) is 4.57 Å². The molecule has 3 heterocycles. The maximum Gasteiger partial charge on any atom is 0.348 e. The number of anilines is 1. The normalized spacial score (nSPS) is 22.2. The maximum atomic E-state index is 15.1. The van der Waals surface area contributed by atoms with E-state index < -0.39 is 55.2 Å². The molecule has 1 saturated heterocycles. The van der Waals surface area contributed by atoms with Crippen molar-refractivity contribution in [2.45, 2.75) is 43.6 Å². The third-order valence-corrected chi connectivity index (χ3v) is 6.44. The summed E-state index contributed by atoms with van der Waals surface area (Å²) in [5, 5.41) is 30.1. The van der Waals surface area contributed by atoms with Gasteiger partial charge >= 0.3 is 11.9 Å². The van der Waals surface area contributed by atoms with Crippen molar-refractivity contribution in [3.8, 4) is 0 Å². The van der Waals surface area contributed by atoms with E-state index in [1.54, 1.807) is 13.0 Å². The van der Waals surface area contributed by atoms with E-state index in [1.807, 2.05) is 0 Å². The van der Waals surface area contributed by atoms with Crippen molar-refractivity contribution in [2.24, 2.45) is 0 Å². The van der Waals surface area contributed by atoms with Crippen LogP contribution in [0.4, 0.5) is 10.2 Å². The van der Waals surface area contributed by atoms with E-state index >= 15 is 4.39 Å². The van der Waals surface area contributed by atoms with Gasteiger partial charge in [0.2, 0.25) is 5.28 Å². The minimum Gasteiger partial charge on any atom is -0.479 e. The van der Waals surface area contributed by atoms with Crippen molar-refractivity contribution < 1.29 is 38.8 Å². The number of halogens is 3. The van der Waals surface area contributed by atoms with E-state index in [-0.39, 0.29) is 27.8 Å². The average Bonchev–Trinajstić information content (AvgIpc) is 3.34. The Hall–Kier alpha value is -3.10. The van der Waals surface area contributed by atoms with E-state index in [0.29, 0.717) is 10.6 Å². The van der Waals surface area contributed by atoms with Gasteiger partial charge in [0.1, 0.15) is 17.7 Å². The predicted molar refractivity (Wildman–Crippen MR) is 123 cm³/mol. The average molecular weight is 544 g/mol. The molecule has 15 heteroatoms. The van der Waals surface area contributed by atoms with Gasteiger partial charge in [-0.25, -0.2) is 19.0 Å². The molecule has 1 aliphatic rings. The molecule has 36 heavy (non-hydrogen) atoms. The molecule has 0 unspecified atom stereocenters. The molecule has 4 atom stereocenters. The van der Waals surface area contributed by atoms with Crippen LogP contribution in [0.2, 0.25) is 10.3 Å². The lowest BCUT2D eigenvalue weighted by molar-refractivity contribution is -0.190. The Balaban J connectivity index is 1.58. The molecule has 0 bridgehead atoms. The lowest BCUT2D eigenvalue weighted by atomic mass is 9.93. The summed E-state index contributed by atoms with van der Waals surface area (Å²) in [4.78, 5) is 35.9. The van der Waals surface area contributed by atoms with Crippen LogP contribution in [0.15, 0.2) is 24.5 Å². The van der Waals surface area contributed by atoms with E-state index in [2.05, 4.69) is 15.0 Å². The van der Waals surface area contributed by atoms with Crippen molar-refractivity contribution in [3.63, 3.8) is 0 Å². The second-order valence-electron chi connectivity index (χ2n) is 8.21. The second kappa shape index (κ2) is 9.75. The van der Waals surface area contributed by atoms with Gasteiger partial charge in [-0.1, -0.05) is 23.7 Å². The molecule has 0 saturated carbocycles. The first-order valence-corrected chi connectivity index (χ1v) is 11.2. The molecule has 0 radical (unpaired) electrons. The summed E-state index contributed by atoms with van der Waals surface area (Å²) in [6.45, 7) is 0.964. The van der Waals surface area contributed by atoms with Gasteiger partial charge < -0.3 is 30.5 Å². The number of benzene rings is 1. The Labute approximate surface area is 212 Å². The Morgan fingerprint density at radius 1 is 1.28 bits per heavy atom. The number of aliphatic hydroxyl groups excluding tert-OH is 1. The number of aliphatic carboxylic acids is 2. The smallest absolute Gasteiger partial charge is 0.348 e. The molecule has 1 aromatic carbocycles. The van der Waals surface area contributed by atoms with Crippen LogP contribution < -0.4 is 5.73 Å². The molecule has 3 aromatic rings. The number of carboxylic acids is 2. The summed E-state index contributed by atoms with van der Waals surface area (Å²) in [5.74, 6) is -3.65. The third-order valence-electron chi connectivity index (χ3n) is 5.86. The first-order valence-electron chi connectivity index (χ1n) is 10.4. The molecular weight excluding hydrogens is 524 g/mol. The van der Waals surface area contributed by atoms with E-state index in [1.165, 1.54) is 18.5 Å². The molecule has 1 aliphatic heterocycles. The molecular formula is C21H20Cl2FN5O7. The first-order chi connectivity index (χ1) is 16.9. The summed E-state index contributed by atoms with van der Waals surface area (Å²) in [7, 11) is 0. The highest BCUT2D eigenvalue weighted by Crippen LogP contribution is 2.35. The lowest BCUT2D eigenvalue weighted by Crippen LogP contribution is -2.52. The maximum absolute atomic E-state index is 15.1. The largest absolute Gasteiger partial charge is 0.479 e. The number of alkyl halides is 1. The number of rotatable bonds is 8. The summed E-state index contributed by atoms with van der Waals surface area (Å²) in [5.41, 5.74) is 4.14. The van der Waals surface area contributed by atoms with Gasteiger partial charge in [0, 0.05) is 11.4 Å². The number of nitrogens with two attached hydrogens (primary N) is 1. The Morgan fingerprint density at radius 2 is 1.97 bits per heavy atom. The number of hydrogen-bond donors (Lipinski definition) is 4. The number of nitrogens with zero attached hydrogens (tertiary/aromatic N) is 4. The van der Waals surface area contributed by atoms with Crippen LogP contribution in [0.3, 0.4) is 0 Å². The summed E-state index contributed by atoms with van der Waals surface area (Å²) < 4.78 is 27.1.